The van der Waals surface area contributed by atoms with Crippen LogP contribution in [0.5, 0.6) is 0 Å². The molecule has 0 N–H and O–H groups in total. The van der Waals surface area contributed by atoms with Gasteiger partial charge in [-0.2, -0.15) is 0 Å². The second-order valence-electron chi connectivity index (χ2n) is 9.90. The van der Waals surface area contributed by atoms with E-state index in [0.29, 0.717) is 22.9 Å². The van der Waals surface area contributed by atoms with Gasteiger partial charge in [0.25, 0.3) is 11.8 Å². The molecule has 0 radical (unpaired) electrons. The SMILES string of the molecule is C[C@@H]1CN2c3cc(Cl)ccc3CC3(C(=O)N(c4ccccc4)C(=O)N(c4ccccc4)C3=O)[C@H]2[C@@H](C)O1. The van der Waals surface area contributed by atoms with E-state index in [4.69, 9.17) is 16.3 Å². The van der Waals surface area contributed by atoms with Crippen molar-refractivity contribution in [2.24, 2.45) is 5.41 Å². The molecule has 0 unspecified atom stereocenters. The topological polar surface area (TPSA) is 70.2 Å². The van der Waals surface area contributed by atoms with Crippen molar-refractivity contribution in [1.29, 1.82) is 0 Å². The first-order chi connectivity index (χ1) is 17.8. The zero-order chi connectivity index (χ0) is 25.9. The van der Waals surface area contributed by atoms with Gasteiger partial charge in [-0.05, 0) is 62.2 Å². The van der Waals surface area contributed by atoms with Gasteiger partial charge in [0.1, 0.15) is 0 Å². The fraction of sp³-hybridized carbons (Fsp3) is 0.276. The van der Waals surface area contributed by atoms with Crippen molar-refractivity contribution >= 4 is 46.5 Å². The zero-order valence-electron chi connectivity index (χ0n) is 20.5. The zero-order valence-corrected chi connectivity index (χ0v) is 21.3. The van der Waals surface area contributed by atoms with Gasteiger partial charge in [0.15, 0.2) is 5.41 Å². The summed E-state index contributed by atoms with van der Waals surface area (Å²) < 4.78 is 6.23. The molecule has 188 valence electrons. The smallest absolute Gasteiger partial charge is 0.342 e. The Morgan fingerprint density at radius 2 is 1.41 bits per heavy atom. The van der Waals surface area contributed by atoms with Crippen molar-refractivity contribution in [2.45, 2.75) is 38.5 Å². The summed E-state index contributed by atoms with van der Waals surface area (Å²) in [5.41, 5.74) is 0.951. The highest BCUT2D eigenvalue weighted by molar-refractivity contribution is 6.39. The van der Waals surface area contributed by atoms with Crippen LogP contribution in [-0.2, 0) is 20.7 Å². The maximum atomic E-state index is 14.6. The number of anilines is 3. The molecule has 2 saturated heterocycles. The summed E-state index contributed by atoms with van der Waals surface area (Å²) in [6.45, 7) is 4.34. The van der Waals surface area contributed by atoms with E-state index >= 15 is 0 Å². The van der Waals surface area contributed by atoms with Crippen molar-refractivity contribution in [3.05, 3.63) is 89.4 Å². The second-order valence-corrected chi connectivity index (χ2v) is 10.3. The molecule has 3 aromatic carbocycles. The lowest BCUT2D eigenvalue weighted by molar-refractivity contribution is -0.150. The summed E-state index contributed by atoms with van der Waals surface area (Å²) in [4.78, 5) is 47.5. The van der Waals surface area contributed by atoms with Crippen molar-refractivity contribution in [2.75, 3.05) is 21.2 Å². The predicted molar refractivity (Wildman–Crippen MR) is 142 cm³/mol. The lowest BCUT2D eigenvalue weighted by Gasteiger charge is -2.57. The number of urea groups is 1. The first kappa shape index (κ1) is 23.7. The first-order valence-corrected chi connectivity index (χ1v) is 12.7. The van der Waals surface area contributed by atoms with Gasteiger partial charge >= 0.3 is 6.03 Å². The molecule has 4 amide bonds. The molecule has 0 saturated carbocycles. The number of imide groups is 2. The molecule has 37 heavy (non-hydrogen) atoms. The minimum Gasteiger partial charge on any atom is -0.372 e. The van der Waals surface area contributed by atoms with E-state index < -0.39 is 35.4 Å². The third-order valence-corrected chi connectivity index (χ3v) is 7.83. The van der Waals surface area contributed by atoms with Crippen molar-refractivity contribution < 1.29 is 19.1 Å². The Balaban J connectivity index is 1.61. The maximum absolute atomic E-state index is 14.6. The molecule has 2 fully saturated rings. The number of ether oxygens (including phenoxy) is 1. The quantitative estimate of drug-likeness (QED) is 0.446. The highest BCUT2D eigenvalue weighted by Gasteiger charge is 2.67. The van der Waals surface area contributed by atoms with Gasteiger partial charge in [0, 0.05) is 17.3 Å². The number of hydrogen-bond donors (Lipinski definition) is 0. The van der Waals surface area contributed by atoms with E-state index in [1.807, 2.05) is 38.1 Å². The van der Waals surface area contributed by atoms with Gasteiger partial charge in [0.05, 0.1) is 29.6 Å². The molecule has 3 aliphatic heterocycles. The molecule has 3 aromatic rings. The van der Waals surface area contributed by atoms with Crippen LogP contribution in [0.2, 0.25) is 5.02 Å². The Hall–Kier alpha value is -3.68. The van der Waals surface area contributed by atoms with Crippen LogP contribution in [-0.4, -0.2) is 42.6 Å². The van der Waals surface area contributed by atoms with Crippen molar-refractivity contribution in [3.63, 3.8) is 0 Å². The van der Waals surface area contributed by atoms with Gasteiger partial charge in [0.2, 0.25) is 0 Å². The van der Waals surface area contributed by atoms with E-state index in [0.717, 1.165) is 21.1 Å². The molecule has 3 aliphatic rings. The normalized spacial score (nSPS) is 24.8. The molecule has 3 heterocycles. The summed E-state index contributed by atoms with van der Waals surface area (Å²) >= 11 is 6.39. The number of rotatable bonds is 2. The number of amides is 4. The third-order valence-electron chi connectivity index (χ3n) is 7.59. The Bertz CT molecular complexity index is 1340. The molecular formula is C29H26ClN3O4. The van der Waals surface area contributed by atoms with E-state index in [9.17, 15) is 14.4 Å². The van der Waals surface area contributed by atoms with Crippen LogP contribution in [0.4, 0.5) is 21.9 Å². The Morgan fingerprint density at radius 1 is 0.838 bits per heavy atom. The molecule has 7 nitrogen and oxygen atoms in total. The summed E-state index contributed by atoms with van der Waals surface area (Å²) in [5, 5.41) is 0.577. The summed E-state index contributed by atoms with van der Waals surface area (Å²) in [7, 11) is 0. The molecule has 0 bridgehead atoms. The molecule has 3 atom stereocenters. The van der Waals surface area contributed by atoms with Gasteiger partial charge in [-0.15, -0.1) is 0 Å². The van der Waals surface area contributed by atoms with Crippen LogP contribution in [0.15, 0.2) is 78.9 Å². The monoisotopic (exact) mass is 515 g/mol. The van der Waals surface area contributed by atoms with E-state index in [1.54, 1.807) is 54.6 Å². The number of fused-ring (bicyclic) bond motifs is 4. The molecule has 6 rings (SSSR count). The number of barbiturate groups is 1. The number of carbonyl (C=O) groups excluding carboxylic acids is 3. The summed E-state index contributed by atoms with van der Waals surface area (Å²) in [6, 6.07) is 21.7. The third kappa shape index (κ3) is 3.49. The van der Waals surface area contributed by atoms with Crippen LogP contribution in [0.3, 0.4) is 0 Å². The number of hydrogen-bond acceptors (Lipinski definition) is 5. The van der Waals surface area contributed by atoms with Crippen LogP contribution in [0.25, 0.3) is 0 Å². The average molecular weight is 516 g/mol. The predicted octanol–water partition coefficient (Wildman–Crippen LogP) is 5.06. The fourth-order valence-corrected chi connectivity index (χ4v) is 6.35. The number of benzene rings is 3. The van der Waals surface area contributed by atoms with Crippen LogP contribution in [0, 0.1) is 5.41 Å². The van der Waals surface area contributed by atoms with Crippen molar-refractivity contribution in [1.82, 2.24) is 0 Å². The van der Waals surface area contributed by atoms with Gasteiger partial charge < -0.3 is 9.64 Å². The summed E-state index contributed by atoms with van der Waals surface area (Å²) in [5.74, 6) is -1.08. The highest BCUT2D eigenvalue weighted by Crippen LogP contribution is 2.50. The van der Waals surface area contributed by atoms with Crippen LogP contribution in [0.1, 0.15) is 19.4 Å². The molecule has 8 heteroatoms. The number of para-hydroxylation sites is 2. The van der Waals surface area contributed by atoms with Gasteiger partial charge in [-0.1, -0.05) is 54.1 Å². The first-order valence-electron chi connectivity index (χ1n) is 12.4. The average Bonchev–Trinajstić information content (AvgIpc) is 2.89. The maximum Gasteiger partial charge on any atom is 0.342 e. The number of nitrogens with zero attached hydrogens (tertiary/aromatic N) is 3. The number of halogens is 1. The van der Waals surface area contributed by atoms with Crippen molar-refractivity contribution in [3.8, 4) is 0 Å². The number of carbonyl (C=O) groups is 3. The molecule has 0 aromatic heterocycles. The van der Waals surface area contributed by atoms with Gasteiger partial charge in [-0.25, -0.2) is 14.6 Å². The highest BCUT2D eigenvalue weighted by atomic mass is 35.5. The van der Waals surface area contributed by atoms with E-state index in [-0.39, 0.29) is 12.5 Å². The number of morpholine rings is 1. The lowest BCUT2D eigenvalue weighted by Crippen LogP contribution is -2.76. The van der Waals surface area contributed by atoms with Crippen LogP contribution >= 0.6 is 11.6 Å². The molecule has 1 spiro atoms. The molecular weight excluding hydrogens is 490 g/mol. The van der Waals surface area contributed by atoms with E-state index in [2.05, 4.69) is 4.90 Å². The lowest BCUT2D eigenvalue weighted by atomic mass is 9.65. The largest absolute Gasteiger partial charge is 0.372 e. The fourth-order valence-electron chi connectivity index (χ4n) is 6.18. The molecule has 0 aliphatic carbocycles. The van der Waals surface area contributed by atoms with Crippen LogP contribution < -0.4 is 14.7 Å². The Morgan fingerprint density at radius 3 is 1.97 bits per heavy atom. The minimum absolute atomic E-state index is 0.125. The Kier molecular flexibility index (Phi) is 5.58. The standard InChI is InChI=1S/C29H26ClN3O4/c1-18-17-31-24-15-21(30)14-13-20(24)16-29(25(31)19(2)37-18)26(34)32(22-9-5-3-6-10-22)28(36)33(27(29)35)23-11-7-4-8-12-23/h3-15,18-19,25H,16-17H2,1-2H3/t18-,19-,25-/m1/s1. The van der Waals surface area contributed by atoms with E-state index in [1.165, 1.54) is 0 Å². The second kappa shape index (κ2) is 8.71. The minimum atomic E-state index is -1.60. The summed E-state index contributed by atoms with van der Waals surface area (Å²) in [6.07, 6.45) is -0.466. The van der Waals surface area contributed by atoms with Gasteiger partial charge in [-0.3, -0.25) is 9.59 Å². The Labute approximate surface area is 220 Å².